The van der Waals surface area contributed by atoms with Crippen molar-refractivity contribution in [1.29, 1.82) is 0 Å². The van der Waals surface area contributed by atoms with Gasteiger partial charge in [-0.1, -0.05) is 38.1 Å². The second kappa shape index (κ2) is 6.29. The van der Waals surface area contributed by atoms with Gasteiger partial charge in [-0.2, -0.15) is 0 Å². The summed E-state index contributed by atoms with van der Waals surface area (Å²) in [5, 5.41) is 2.60. The number of rotatable bonds is 5. The smallest absolute Gasteiger partial charge is 0.186 e. The summed E-state index contributed by atoms with van der Waals surface area (Å²) in [6.07, 6.45) is 0.389. The summed E-state index contributed by atoms with van der Waals surface area (Å²) in [7, 11) is 0. The van der Waals surface area contributed by atoms with Gasteiger partial charge in [0, 0.05) is 11.8 Å². The van der Waals surface area contributed by atoms with Crippen molar-refractivity contribution >= 4 is 17.1 Å². The molecule has 0 aliphatic carbocycles. The van der Waals surface area contributed by atoms with Crippen molar-refractivity contribution in [3.63, 3.8) is 0 Å². The zero-order valence-electron chi connectivity index (χ0n) is 12.1. The zero-order chi connectivity index (χ0) is 14.7. The number of benzene rings is 1. The van der Waals surface area contributed by atoms with E-state index in [1.807, 2.05) is 19.1 Å². The molecule has 2 rings (SSSR count). The van der Waals surface area contributed by atoms with Gasteiger partial charge in [-0.25, -0.2) is 4.98 Å². The first kappa shape index (κ1) is 14.9. The first-order chi connectivity index (χ1) is 9.47. The first-order valence-electron chi connectivity index (χ1n) is 6.80. The van der Waals surface area contributed by atoms with Gasteiger partial charge in [0.25, 0.3) is 0 Å². The molecule has 0 spiro atoms. The Labute approximate surface area is 123 Å². The number of hydrogen-bond acceptors (Lipinski definition) is 4. The number of nitrogens with two attached hydrogens (primary N) is 1. The zero-order valence-corrected chi connectivity index (χ0v) is 12.9. The minimum Gasteiger partial charge on any atom is -0.322 e. The van der Waals surface area contributed by atoms with Crippen molar-refractivity contribution in [2.24, 2.45) is 5.73 Å². The summed E-state index contributed by atoms with van der Waals surface area (Å²) in [4.78, 5) is 16.5. The van der Waals surface area contributed by atoms with Gasteiger partial charge in [-0.05, 0) is 24.0 Å². The van der Waals surface area contributed by atoms with E-state index in [0.717, 1.165) is 10.6 Å². The van der Waals surface area contributed by atoms with Crippen LogP contribution in [-0.2, 0) is 6.42 Å². The highest BCUT2D eigenvalue weighted by molar-refractivity contribution is 7.09. The highest BCUT2D eigenvalue weighted by Gasteiger charge is 2.13. The molecule has 0 radical (unpaired) electrons. The van der Waals surface area contributed by atoms with Crippen molar-refractivity contribution in [2.45, 2.75) is 39.2 Å². The molecule has 0 fully saturated rings. The van der Waals surface area contributed by atoms with E-state index in [-0.39, 0.29) is 11.8 Å². The van der Waals surface area contributed by atoms with Crippen LogP contribution in [0, 0.1) is 0 Å². The maximum absolute atomic E-state index is 12.2. The molecule has 3 nitrogen and oxygen atoms in total. The Kier molecular flexibility index (Phi) is 4.68. The molecule has 0 saturated heterocycles. The molecule has 20 heavy (non-hydrogen) atoms. The molecule has 1 aromatic heterocycles. The van der Waals surface area contributed by atoms with Crippen LogP contribution in [0.3, 0.4) is 0 Å². The Morgan fingerprint density at radius 3 is 2.40 bits per heavy atom. The van der Waals surface area contributed by atoms with Crippen molar-refractivity contribution in [3.8, 4) is 0 Å². The van der Waals surface area contributed by atoms with Crippen LogP contribution in [0.25, 0.3) is 0 Å². The number of thiazole rings is 1. The summed E-state index contributed by atoms with van der Waals surface area (Å²) in [5.74, 6) is 0.553. The fraction of sp³-hybridized carbons (Fsp3) is 0.375. The lowest BCUT2D eigenvalue weighted by atomic mass is 10.00. The van der Waals surface area contributed by atoms with Crippen LogP contribution in [0.5, 0.6) is 0 Å². The Balaban J connectivity index is 2.06. The minimum atomic E-state index is -0.119. The number of aromatic nitrogens is 1. The lowest BCUT2D eigenvalue weighted by molar-refractivity contribution is 0.0988. The molecule has 0 aliphatic heterocycles. The molecule has 1 atom stereocenters. The standard InChI is InChI=1S/C16H20N2OS/c1-10(2)13-6-4-12(5-7-13)8-15(19)14-9-20-16(18-14)11(3)17/h4-7,9-11H,8,17H2,1-3H3. The van der Waals surface area contributed by atoms with Gasteiger partial charge in [-0.3, -0.25) is 4.79 Å². The average Bonchev–Trinajstić information content (AvgIpc) is 2.89. The Morgan fingerprint density at radius 1 is 1.25 bits per heavy atom. The Hall–Kier alpha value is -1.52. The number of nitrogens with zero attached hydrogens (tertiary/aromatic N) is 1. The first-order valence-corrected chi connectivity index (χ1v) is 7.68. The van der Waals surface area contributed by atoms with Gasteiger partial charge < -0.3 is 5.73 Å². The van der Waals surface area contributed by atoms with E-state index in [1.165, 1.54) is 16.9 Å². The number of carbonyl (C=O) groups is 1. The molecule has 1 aromatic carbocycles. The van der Waals surface area contributed by atoms with Crippen LogP contribution in [0.1, 0.15) is 59.4 Å². The van der Waals surface area contributed by atoms with E-state index in [2.05, 4.69) is 31.0 Å². The summed E-state index contributed by atoms with van der Waals surface area (Å²) in [6.45, 7) is 6.19. The van der Waals surface area contributed by atoms with E-state index >= 15 is 0 Å². The van der Waals surface area contributed by atoms with E-state index in [9.17, 15) is 4.79 Å². The van der Waals surface area contributed by atoms with E-state index in [4.69, 9.17) is 5.73 Å². The quantitative estimate of drug-likeness (QED) is 0.853. The lowest BCUT2D eigenvalue weighted by Crippen LogP contribution is -2.07. The molecule has 2 aromatic rings. The molecule has 1 unspecified atom stereocenters. The Bertz CT molecular complexity index is 585. The molecule has 2 N–H and O–H groups in total. The summed E-state index contributed by atoms with van der Waals surface area (Å²) in [6, 6.07) is 8.09. The fourth-order valence-corrected chi connectivity index (χ4v) is 2.70. The van der Waals surface area contributed by atoms with Crippen molar-refractivity contribution < 1.29 is 4.79 Å². The van der Waals surface area contributed by atoms with Crippen molar-refractivity contribution in [3.05, 3.63) is 51.5 Å². The van der Waals surface area contributed by atoms with Gasteiger partial charge in [0.1, 0.15) is 10.7 Å². The molecule has 106 valence electrons. The highest BCUT2D eigenvalue weighted by Crippen LogP contribution is 2.18. The maximum Gasteiger partial charge on any atom is 0.186 e. The molecule has 0 bridgehead atoms. The normalized spacial score (nSPS) is 12.7. The largest absolute Gasteiger partial charge is 0.322 e. The maximum atomic E-state index is 12.2. The van der Waals surface area contributed by atoms with Crippen molar-refractivity contribution in [1.82, 2.24) is 4.98 Å². The molecule has 1 heterocycles. The van der Waals surface area contributed by atoms with Gasteiger partial charge in [0.15, 0.2) is 5.78 Å². The number of hydrogen-bond donors (Lipinski definition) is 1. The summed E-state index contributed by atoms with van der Waals surface area (Å²) < 4.78 is 0. The third-order valence-corrected chi connectivity index (χ3v) is 4.25. The fourth-order valence-electron chi connectivity index (χ4n) is 1.92. The summed E-state index contributed by atoms with van der Waals surface area (Å²) in [5.41, 5.74) is 8.59. The van der Waals surface area contributed by atoms with E-state index in [1.54, 1.807) is 5.38 Å². The van der Waals surface area contributed by atoms with Crippen LogP contribution in [-0.4, -0.2) is 10.8 Å². The molecule has 0 amide bonds. The predicted molar refractivity (Wildman–Crippen MR) is 83.3 cm³/mol. The predicted octanol–water partition coefficient (Wildman–Crippen LogP) is 3.71. The SMILES string of the molecule is CC(C)c1ccc(CC(=O)c2csc(C(C)N)n2)cc1. The third-order valence-electron chi connectivity index (χ3n) is 3.21. The van der Waals surface area contributed by atoms with Gasteiger partial charge >= 0.3 is 0 Å². The van der Waals surface area contributed by atoms with Gasteiger partial charge in [0.2, 0.25) is 0 Å². The Morgan fingerprint density at radius 2 is 1.90 bits per heavy atom. The number of carbonyl (C=O) groups excluding carboxylic acids is 1. The third kappa shape index (κ3) is 3.52. The second-order valence-corrected chi connectivity index (χ2v) is 6.25. The molecule has 0 aliphatic rings. The van der Waals surface area contributed by atoms with Gasteiger partial charge in [-0.15, -0.1) is 11.3 Å². The van der Waals surface area contributed by atoms with Crippen LogP contribution in [0.15, 0.2) is 29.6 Å². The molecular formula is C16H20N2OS. The van der Waals surface area contributed by atoms with Crippen LogP contribution in [0.2, 0.25) is 0 Å². The molecule has 4 heteroatoms. The van der Waals surface area contributed by atoms with E-state index < -0.39 is 0 Å². The van der Waals surface area contributed by atoms with E-state index in [0.29, 0.717) is 18.0 Å². The highest BCUT2D eigenvalue weighted by atomic mass is 32.1. The average molecular weight is 288 g/mol. The monoisotopic (exact) mass is 288 g/mol. The topological polar surface area (TPSA) is 56.0 Å². The minimum absolute atomic E-state index is 0.0467. The van der Waals surface area contributed by atoms with Crippen LogP contribution < -0.4 is 5.73 Å². The second-order valence-electron chi connectivity index (χ2n) is 5.36. The summed E-state index contributed by atoms with van der Waals surface area (Å²) >= 11 is 1.45. The number of ketones is 1. The number of Topliss-reactive ketones (excluding diaryl/α,β-unsaturated/α-hetero) is 1. The van der Waals surface area contributed by atoms with Crippen LogP contribution in [0.4, 0.5) is 0 Å². The van der Waals surface area contributed by atoms with Crippen LogP contribution >= 0.6 is 11.3 Å². The molecular weight excluding hydrogens is 268 g/mol. The van der Waals surface area contributed by atoms with Crippen molar-refractivity contribution in [2.75, 3.05) is 0 Å². The lowest BCUT2D eigenvalue weighted by Gasteiger charge is -2.06. The van der Waals surface area contributed by atoms with Gasteiger partial charge in [0.05, 0.1) is 6.04 Å². The molecule has 0 saturated carbocycles.